The van der Waals surface area contributed by atoms with Crippen molar-refractivity contribution in [3.63, 3.8) is 0 Å². The SMILES string of the molecule is O=C(Nc1ccc(C(=O)N2CCCCC2)cc1)c1ccccc1OCCc1ccccc1. The van der Waals surface area contributed by atoms with Crippen LogP contribution in [-0.2, 0) is 6.42 Å². The van der Waals surface area contributed by atoms with E-state index in [1.165, 1.54) is 12.0 Å². The van der Waals surface area contributed by atoms with E-state index in [1.807, 2.05) is 35.2 Å². The quantitative estimate of drug-likeness (QED) is 0.564. The van der Waals surface area contributed by atoms with Gasteiger partial charge in [-0.2, -0.15) is 0 Å². The first-order chi connectivity index (χ1) is 15.7. The molecule has 1 saturated heterocycles. The molecule has 1 aliphatic rings. The normalized spacial score (nSPS) is 13.4. The molecule has 0 atom stereocenters. The summed E-state index contributed by atoms with van der Waals surface area (Å²) in [7, 11) is 0. The van der Waals surface area contributed by atoms with Crippen molar-refractivity contribution < 1.29 is 14.3 Å². The molecule has 1 aliphatic heterocycles. The molecule has 1 heterocycles. The highest BCUT2D eigenvalue weighted by molar-refractivity contribution is 6.06. The number of likely N-dealkylation sites (tertiary alicyclic amines) is 1. The third-order valence-electron chi connectivity index (χ3n) is 5.66. The van der Waals surface area contributed by atoms with Crippen LogP contribution >= 0.6 is 0 Å². The van der Waals surface area contributed by atoms with Gasteiger partial charge in [0.25, 0.3) is 11.8 Å². The largest absolute Gasteiger partial charge is 0.492 e. The maximum absolute atomic E-state index is 12.9. The van der Waals surface area contributed by atoms with Gasteiger partial charge in [0.05, 0.1) is 12.2 Å². The number of hydrogen-bond donors (Lipinski definition) is 1. The molecular formula is C27H28N2O3. The number of para-hydroxylation sites is 1. The number of amides is 2. The maximum atomic E-state index is 12.9. The summed E-state index contributed by atoms with van der Waals surface area (Å²) in [6.07, 6.45) is 4.08. The minimum Gasteiger partial charge on any atom is -0.492 e. The molecular weight excluding hydrogens is 400 g/mol. The molecule has 0 aliphatic carbocycles. The van der Waals surface area contributed by atoms with Crippen molar-refractivity contribution in [1.82, 2.24) is 4.90 Å². The van der Waals surface area contributed by atoms with E-state index in [0.29, 0.717) is 29.2 Å². The van der Waals surface area contributed by atoms with Gasteiger partial charge in [-0.25, -0.2) is 0 Å². The smallest absolute Gasteiger partial charge is 0.259 e. The lowest BCUT2D eigenvalue weighted by Gasteiger charge is -2.26. The van der Waals surface area contributed by atoms with Crippen molar-refractivity contribution in [2.24, 2.45) is 0 Å². The van der Waals surface area contributed by atoms with E-state index in [-0.39, 0.29) is 11.8 Å². The number of carbonyl (C=O) groups excluding carboxylic acids is 2. The van der Waals surface area contributed by atoms with Crippen LogP contribution in [0.5, 0.6) is 5.75 Å². The molecule has 0 aromatic heterocycles. The van der Waals surface area contributed by atoms with Crippen LogP contribution in [0.3, 0.4) is 0 Å². The van der Waals surface area contributed by atoms with Crippen LogP contribution in [-0.4, -0.2) is 36.4 Å². The molecule has 1 fully saturated rings. The highest BCUT2D eigenvalue weighted by Gasteiger charge is 2.18. The zero-order valence-corrected chi connectivity index (χ0v) is 18.1. The third kappa shape index (κ3) is 5.55. The van der Waals surface area contributed by atoms with Crippen molar-refractivity contribution in [2.75, 3.05) is 25.0 Å². The molecule has 164 valence electrons. The van der Waals surface area contributed by atoms with Crippen molar-refractivity contribution in [3.8, 4) is 5.75 Å². The second-order valence-corrected chi connectivity index (χ2v) is 7.96. The summed E-state index contributed by atoms with van der Waals surface area (Å²) < 4.78 is 5.91. The van der Waals surface area contributed by atoms with Crippen LogP contribution in [0.2, 0.25) is 0 Å². The highest BCUT2D eigenvalue weighted by atomic mass is 16.5. The van der Waals surface area contributed by atoms with Gasteiger partial charge in [-0.3, -0.25) is 9.59 Å². The van der Waals surface area contributed by atoms with Crippen LogP contribution in [0.25, 0.3) is 0 Å². The maximum Gasteiger partial charge on any atom is 0.259 e. The lowest BCUT2D eigenvalue weighted by Crippen LogP contribution is -2.35. The number of ether oxygens (including phenoxy) is 1. The summed E-state index contributed by atoms with van der Waals surface area (Å²) in [5, 5.41) is 2.91. The Morgan fingerprint density at radius 1 is 0.812 bits per heavy atom. The number of nitrogens with zero attached hydrogens (tertiary/aromatic N) is 1. The molecule has 1 N–H and O–H groups in total. The van der Waals surface area contributed by atoms with Gasteiger partial charge < -0.3 is 15.0 Å². The minimum atomic E-state index is -0.240. The molecule has 4 rings (SSSR count). The Balaban J connectivity index is 1.36. The van der Waals surface area contributed by atoms with Crippen LogP contribution in [0.4, 0.5) is 5.69 Å². The van der Waals surface area contributed by atoms with Gasteiger partial charge in [-0.05, 0) is 61.2 Å². The first-order valence-electron chi connectivity index (χ1n) is 11.2. The Bertz CT molecular complexity index is 1040. The monoisotopic (exact) mass is 428 g/mol. The summed E-state index contributed by atoms with van der Waals surface area (Å²) in [4.78, 5) is 27.4. The number of hydrogen-bond acceptors (Lipinski definition) is 3. The highest BCUT2D eigenvalue weighted by Crippen LogP contribution is 2.21. The molecule has 3 aromatic rings. The van der Waals surface area contributed by atoms with E-state index in [1.54, 1.807) is 36.4 Å². The van der Waals surface area contributed by atoms with Gasteiger partial charge in [-0.1, -0.05) is 42.5 Å². The van der Waals surface area contributed by atoms with Crippen LogP contribution in [0.15, 0.2) is 78.9 Å². The minimum absolute atomic E-state index is 0.0553. The molecule has 0 unspecified atom stereocenters. The molecule has 5 heteroatoms. The fraction of sp³-hybridized carbons (Fsp3) is 0.259. The van der Waals surface area contributed by atoms with E-state index >= 15 is 0 Å². The van der Waals surface area contributed by atoms with E-state index in [2.05, 4.69) is 17.4 Å². The molecule has 0 saturated carbocycles. The van der Waals surface area contributed by atoms with Crippen molar-refractivity contribution in [2.45, 2.75) is 25.7 Å². The van der Waals surface area contributed by atoms with E-state index in [9.17, 15) is 9.59 Å². The van der Waals surface area contributed by atoms with E-state index in [4.69, 9.17) is 4.74 Å². The molecule has 32 heavy (non-hydrogen) atoms. The summed E-state index contributed by atoms with van der Waals surface area (Å²) in [5.74, 6) is 0.369. The Kier molecular flexibility index (Phi) is 7.18. The zero-order chi connectivity index (χ0) is 22.2. The number of rotatable bonds is 7. The summed E-state index contributed by atoms with van der Waals surface area (Å²) >= 11 is 0. The van der Waals surface area contributed by atoms with Crippen molar-refractivity contribution in [1.29, 1.82) is 0 Å². The average molecular weight is 429 g/mol. The second-order valence-electron chi connectivity index (χ2n) is 7.96. The number of piperidine rings is 1. The molecule has 5 nitrogen and oxygen atoms in total. The standard InChI is InChI=1S/C27H28N2O3/c30-26(24-11-5-6-12-25(24)32-20-17-21-9-3-1-4-10-21)28-23-15-13-22(14-16-23)27(31)29-18-7-2-8-19-29/h1,3-6,9-16H,2,7-8,17-20H2,(H,28,30). The Labute approximate surface area is 189 Å². The van der Waals surface area contributed by atoms with Gasteiger partial charge in [0.2, 0.25) is 0 Å². The molecule has 0 bridgehead atoms. The van der Waals surface area contributed by atoms with Gasteiger partial charge in [0.15, 0.2) is 0 Å². The predicted octanol–water partition coefficient (Wildman–Crippen LogP) is 5.19. The Morgan fingerprint density at radius 2 is 1.50 bits per heavy atom. The molecule has 0 spiro atoms. The second kappa shape index (κ2) is 10.6. The van der Waals surface area contributed by atoms with Gasteiger partial charge in [-0.15, -0.1) is 0 Å². The first kappa shape index (κ1) is 21.6. The third-order valence-corrected chi connectivity index (χ3v) is 5.66. The van der Waals surface area contributed by atoms with Crippen molar-refractivity contribution in [3.05, 3.63) is 95.6 Å². The van der Waals surface area contributed by atoms with Crippen LogP contribution in [0.1, 0.15) is 45.5 Å². The summed E-state index contributed by atoms with van der Waals surface area (Å²) in [6.45, 7) is 2.12. The van der Waals surface area contributed by atoms with Crippen LogP contribution in [0, 0.1) is 0 Å². The topological polar surface area (TPSA) is 58.6 Å². The van der Waals surface area contributed by atoms with Gasteiger partial charge >= 0.3 is 0 Å². The predicted molar refractivity (Wildman–Crippen MR) is 126 cm³/mol. The molecule has 0 radical (unpaired) electrons. The van der Waals surface area contributed by atoms with E-state index in [0.717, 1.165) is 32.4 Å². The molecule has 2 amide bonds. The fourth-order valence-corrected chi connectivity index (χ4v) is 3.88. The number of anilines is 1. The lowest BCUT2D eigenvalue weighted by atomic mass is 10.1. The number of carbonyl (C=O) groups is 2. The van der Waals surface area contributed by atoms with Crippen LogP contribution < -0.4 is 10.1 Å². The average Bonchev–Trinajstić information content (AvgIpc) is 2.85. The summed E-state index contributed by atoms with van der Waals surface area (Å²) in [6, 6.07) is 24.4. The van der Waals surface area contributed by atoms with E-state index < -0.39 is 0 Å². The lowest BCUT2D eigenvalue weighted by molar-refractivity contribution is 0.0724. The molecule has 3 aromatic carbocycles. The fourth-order valence-electron chi connectivity index (χ4n) is 3.88. The van der Waals surface area contributed by atoms with Gasteiger partial charge in [0, 0.05) is 30.8 Å². The van der Waals surface area contributed by atoms with Gasteiger partial charge in [0.1, 0.15) is 5.75 Å². The zero-order valence-electron chi connectivity index (χ0n) is 18.1. The van der Waals surface area contributed by atoms with Crippen molar-refractivity contribution >= 4 is 17.5 Å². The first-order valence-corrected chi connectivity index (χ1v) is 11.2. The summed E-state index contributed by atoms with van der Waals surface area (Å²) in [5.41, 5.74) is 2.96. The number of benzene rings is 3. The Hall–Kier alpha value is -3.60. The number of nitrogens with one attached hydrogen (secondary N) is 1. The Morgan fingerprint density at radius 3 is 2.25 bits per heavy atom.